The van der Waals surface area contributed by atoms with Crippen molar-refractivity contribution in [2.75, 3.05) is 7.11 Å². The summed E-state index contributed by atoms with van der Waals surface area (Å²) in [5.41, 5.74) is 6.51. The molecule has 0 aliphatic rings. The molecule has 3 heteroatoms. The summed E-state index contributed by atoms with van der Waals surface area (Å²) in [5.74, 6) is 0.512. The molecule has 2 N–H and O–H groups in total. The molecular weight excluding hydrogens is 205 g/mol. The average Bonchev–Trinajstić information content (AvgIpc) is 2.26. The maximum Gasteiger partial charge on any atom is 0.169 e. The van der Waals surface area contributed by atoms with Gasteiger partial charge in [-0.2, -0.15) is 0 Å². The van der Waals surface area contributed by atoms with Crippen molar-refractivity contribution in [2.24, 2.45) is 11.7 Å². The number of methoxy groups -OCH3 is 1. The van der Waals surface area contributed by atoms with Crippen LogP contribution in [-0.4, -0.2) is 7.11 Å². The molecule has 16 heavy (non-hydrogen) atoms. The Kier molecular flexibility index (Phi) is 4.74. The van der Waals surface area contributed by atoms with Gasteiger partial charge in [0.25, 0.3) is 0 Å². The number of benzene rings is 1. The van der Waals surface area contributed by atoms with Crippen LogP contribution >= 0.6 is 0 Å². The van der Waals surface area contributed by atoms with Crippen LogP contribution in [0.2, 0.25) is 0 Å². The highest BCUT2D eigenvalue weighted by atomic mass is 19.1. The van der Waals surface area contributed by atoms with Crippen LogP contribution in [0.1, 0.15) is 38.3 Å². The molecule has 0 saturated heterocycles. The lowest BCUT2D eigenvalue weighted by atomic mass is 9.98. The van der Waals surface area contributed by atoms with Crippen LogP contribution in [0.3, 0.4) is 0 Å². The van der Waals surface area contributed by atoms with E-state index in [0.29, 0.717) is 11.5 Å². The normalized spacial score (nSPS) is 12.9. The van der Waals surface area contributed by atoms with E-state index in [9.17, 15) is 4.39 Å². The second-order valence-corrected chi connectivity index (χ2v) is 4.44. The summed E-state index contributed by atoms with van der Waals surface area (Å²) in [6, 6.07) is 4.85. The Bertz CT molecular complexity index is 339. The molecule has 0 fully saturated rings. The Morgan fingerprint density at radius 3 is 2.56 bits per heavy atom. The van der Waals surface area contributed by atoms with E-state index in [1.54, 1.807) is 18.2 Å². The number of hydrogen-bond acceptors (Lipinski definition) is 2. The molecule has 1 aromatic rings. The molecule has 1 rings (SSSR count). The first-order valence-corrected chi connectivity index (χ1v) is 5.64. The SMILES string of the molecule is COc1cccc(C(N)CCC(C)C)c1F. The lowest BCUT2D eigenvalue weighted by Crippen LogP contribution is -2.13. The van der Waals surface area contributed by atoms with Crippen LogP contribution in [-0.2, 0) is 0 Å². The molecule has 1 atom stereocenters. The van der Waals surface area contributed by atoms with Gasteiger partial charge in [0.05, 0.1) is 7.11 Å². The molecule has 0 aliphatic carbocycles. The first-order chi connectivity index (χ1) is 7.56. The standard InChI is InChI=1S/C13H20FNO/c1-9(2)7-8-11(15)10-5-4-6-12(16-3)13(10)14/h4-6,9,11H,7-8,15H2,1-3H3. The molecule has 0 spiro atoms. The lowest BCUT2D eigenvalue weighted by Gasteiger charge is -2.15. The van der Waals surface area contributed by atoms with Crippen molar-refractivity contribution in [3.05, 3.63) is 29.6 Å². The van der Waals surface area contributed by atoms with Gasteiger partial charge in [-0.15, -0.1) is 0 Å². The number of rotatable bonds is 5. The van der Waals surface area contributed by atoms with E-state index in [4.69, 9.17) is 10.5 Å². The Labute approximate surface area is 96.6 Å². The van der Waals surface area contributed by atoms with Crippen LogP contribution in [0, 0.1) is 11.7 Å². The second kappa shape index (κ2) is 5.85. The third-order valence-electron chi connectivity index (χ3n) is 2.67. The van der Waals surface area contributed by atoms with Crippen LogP contribution in [0.25, 0.3) is 0 Å². The number of ether oxygens (including phenoxy) is 1. The van der Waals surface area contributed by atoms with Gasteiger partial charge in [0.2, 0.25) is 0 Å². The van der Waals surface area contributed by atoms with Crippen LogP contribution < -0.4 is 10.5 Å². The minimum Gasteiger partial charge on any atom is -0.494 e. The molecule has 0 heterocycles. The zero-order valence-electron chi connectivity index (χ0n) is 10.2. The molecule has 0 bridgehead atoms. The van der Waals surface area contributed by atoms with Crippen molar-refractivity contribution in [1.29, 1.82) is 0 Å². The van der Waals surface area contributed by atoms with E-state index in [1.807, 2.05) is 0 Å². The van der Waals surface area contributed by atoms with E-state index < -0.39 is 0 Å². The predicted molar refractivity (Wildman–Crippen MR) is 64.0 cm³/mol. The van der Waals surface area contributed by atoms with Crippen LogP contribution in [0.5, 0.6) is 5.75 Å². The van der Waals surface area contributed by atoms with Gasteiger partial charge in [-0.3, -0.25) is 0 Å². The number of hydrogen-bond donors (Lipinski definition) is 1. The van der Waals surface area contributed by atoms with Crippen LogP contribution in [0.4, 0.5) is 4.39 Å². The highest BCUT2D eigenvalue weighted by Gasteiger charge is 2.15. The maximum absolute atomic E-state index is 13.8. The zero-order valence-corrected chi connectivity index (χ0v) is 10.2. The van der Waals surface area contributed by atoms with Gasteiger partial charge < -0.3 is 10.5 Å². The Morgan fingerprint density at radius 1 is 1.31 bits per heavy atom. The summed E-state index contributed by atoms with van der Waals surface area (Å²) < 4.78 is 18.8. The quantitative estimate of drug-likeness (QED) is 0.834. The second-order valence-electron chi connectivity index (χ2n) is 4.44. The minimum absolute atomic E-state index is 0.252. The van der Waals surface area contributed by atoms with Gasteiger partial charge >= 0.3 is 0 Å². The van der Waals surface area contributed by atoms with Gasteiger partial charge in [-0.05, 0) is 24.8 Å². The third kappa shape index (κ3) is 3.20. The van der Waals surface area contributed by atoms with E-state index in [1.165, 1.54) is 7.11 Å². The van der Waals surface area contributed by atoms with Gasteiger partial charge in [-0.1, -0.05) is 26.0 Å². The summed E-state index contributed by atoms with van der Waals surface area (Å²) in [6.07, 6.45) is 1.79. The molecule has 90 valence electrons. The zero-order chi connectivity index (χ0) is 12.1. The molecule has 2 nitrogen and oxygen atoms in total. The van der Waals surface area contributed by atoms with E-state index in [0.717, 1.165) is 12.8 Å². The summed E-state index contributed by atoms with van der Waals surface area (Å²) in [6.45, 7) is 4.27. The van der Waals surface area contributed by atoms with E-state index in [-0.39, 0.29) is 17.6 Å². The molecule has 0 radical (unpaired) electrons. The lowest BCUT2D eigenvalue weighted by molar-refractivity contribution is 0.380. The highest BCUT2D eigenvalue weighted by molar-refractivity contribution is 5.32. The predicted octanol–water partition coefficient (Wildman–Crippen LogP) is 3.27. The molecule has 0 aliphatic heterocycles. The molecule has 0 amide bonds. The summed E-state index contributed by atoms with van der Waals surface area (Å²) in [4.78, 5) is 0. The average molecular weight is 225 g/mol. The van der Waals surface area contributed by atoms with Gasteiger partial charge in [0, 0.05) is 11.6 Å². The van der Waals surface area contributed by atoms with E-state index in [2.05, 4.69) is 13.8 Å². The van der Waals surface area contributed by atoms with Crippen LogP contribution in [0.15, 0.2) is 18.2 Å². The Balaban J connectivity index is 2.78. The summed E-state index contributed by atoms with van der Waals surface area (Å²) in [5, 5.41) is 0. The third-order valence-corrected chi connectivity index (χ3v) is 2.67. The van der Waals surface area contributed by atoms with Crippen molar-refractivity contribution in [2.45, 2.75) is 32.7 Å². The fraction of sp³-hybridized carbons (Fsp3) is 0.538. The minimum atomic E-state index is -0.332. The van der Waals surface area contributed by atoms with Crippen molar-refractivity contribution in [3.63, 3.8) is 0 Å². The van der Waals surface area contributed by atoms with Crippen molar-refractivity contribution < 1.29 is 9.13 Å². The molecule has 1 aromatic carbocycles. The molecular formula is C13H20FNO. The Hall–Kier alpha value is -1.09. The topological polar surface area (TPSA) is 35.2 Å². The fourth-order valence-corrected chi connectivity index (χ4v) is 1.64. The highest BCUT2D eigenvalue weighted by Crippen LogP contribution is 2.26. The summed E-state index contributed by atoms with van der Waals surface area (Å²) >= 11 is 0. The summed E-state index contributed by atoms with van der Waals surface area (Å²) in [7, 11) is 1.46. The molecule has 0 aromatic heterocycles. The largest absolute Gasteiger partial charge is 0.494 e. The van der Waals surface area contributed by atoms with E-state index >= 15 is 0 Å². The Morgan fingerprint density at radius 2 is 2.00 bits per heavy atom. The van der Waals surface area contributed by atoms with Crippen molar-refractivity contribution in [3.8, 4) is 5.75 Å². The monoisotopic (exact) mass is 225 g/mol. The van der Waals surface area contributed by atoms with Crippen molar-refractivity contribution in [1.82, 2.24) is 0 Å². The number of halogens is 1. The first-order valence-electron chi connectivity index (χ1n) is 5.64. The first kappa shape index (κ1) is 13.0. The smallest absolute Gasteiger partial charge is 0.169 e. The molecule has 0 saturated carbocycles. The van der Waals surface area contributed by atoms with Gasteiger partial charge in [0.15, 0.2) is 11.6 Å². The van der Waals surface area contributed by atoms with Crippen molar-refractivity contribution >= 4 is 0 Å². The number of nitrogens with two attached hydrogens (primary N) is 1. The van der Waals surface area contributed by atoms with Gasteiger partial charge in [0.1, 0.15) is 0 Å². The fourth-order valence-electron chi connectivity index (χ4n) is 1.64. The maximum atomic E-state index is 13.8. The van der Waals surface area contributed by atoms with Gasteiger partial charge in [-0.25, -0.2) is 4.39 Å². The molecule has 1 unspecified atom stereocenters.